The molecule has 1 aromatic heterocycles. The zero-order valence-corrected chi connectivity index (χ0v) is 8.98. The average Bonchev–Trinajstić information content (AvgIpc) is 2.63. The van der Waals surface area contributed by atoms with Crippen molar-refractivity contribution in [1.82, 2.24) is 14.9 Å². The molecule has 3 nitrogen and oxygen atoms in total. The van der Waals surface area contributed by atoms with Gasteiger partial charge in [0.15, 0.2) is 0 Å². The van der Waals surface area contributed by atoms with Crippen molar-refractivity contribution in [3.63, 3.8) is 0 Å². The summed E-state index contributed by atoms with van der Waals surface area (Å²) >= 11 is 1.28. The molecule has 1 saturated heterocycles. The van der Waals surface area contributed by atoms with Gasteiger partial charge in [-0.3, -0.25) is 0 Å². The highest BCUT2D eigenvalue weighted by Gasteiger charge is 2.34. The third kappa shape index (κ3) is 2.27. The van der Waals surface area contributed by atoms with E-state index in [1.54, 1.807) is 0 Å². The van der Waals surface area contributed by atoms with Crippen LogP contribution in [0.3, 0.4) is 0 Å². The van der Waals surface area contributed by atoms with Crippen molar-refractivity contribution >= 4 is 11.5 Å². The largest absolute Gasteiger partial charge is 0.311 e. The first kappa shape index (κ1) is 9.98. The molecule has 0 aliphatic carbocycles. The van der Waals surface area contributed by atoms with Crippen LogP contribution in [0.4, 0.5) is 4.39 Å². The minimum Gasteiger partial charge on any atom is -0.311 e. The molecule has 1 aliphatic heterocycles. The molecule has 0 saturated carbocycles. The number of nitrogens with zero attached hydrogens (tertiary/aromatic N) is 2. The Hall–Kier alpha value is -0.550. The van der Waals surface area contributed by atoms with Crippen LogP contribution in [0.15, 0.2) is 5.38 Å². The number of halogens is 1. The van der Waals surface area contributed by atoms with Gasteiger partial charge >= 0.3 is 0 Å². The molecule has 0 amide bonds. The van der Waals surface area contributed by atoms with Crippen LogP contribution in [0.5, 0.6) is 0 Å². The van der Waals surface area contributed by atoms with Gasteiger partial charge in [0, 0.05) is 24.4 Å². The third-order valence-corrected chi connectivity index (χ3v) is 3.25. The van der Waals surface area contributed by atoms with E-state index in [0.29, 0.717) is 25.4 Å². The molecule has 0 bridgehead atoms. The fourth-order valence-electron chi connectivity index (χ4n) is 1.76. The molecule has 0 aromatic carbocycles. The molecule has 1 aliphatic rings. The quantitative estimate of drug-likeness (QED) is 0.813. The monoisotopic (exact) mass is 215 g/mol. The Morgan fingerprint density at radius 2 is 2.64 bits per heavy atom. The minimum atomic E-state index is -1.12. The summed E-state index contributed by atoms with van der Waals surface area (Å²) in [7, 11) is 0. The van der Waals surface area contributed by atoms with Crippen LogP contribution in [-0.2, 0) is 6.42 Å². The van der Waals surface area contributed by atoms with Gasteiger partial charge in [0.05, 0.1) is 5.69 Å². The first-order valence-electron chi connectivity index (χ1n) is 4.86. The van der Waals surface area contributed by atoms with E-state index in [4.69, 9.17) is 0 Å². The Morgan fingerprint density at radius 1 is 1.79 bits per heavy atom. The number of hydrogen-bond acceptors (Lipinski definition) is 4. The van der Waals surface area contributed by atoms with E-state index >= 15 is 0 Å². The van der Waals surface area contributed by atoms with E-state index in [0.717, 1.165) is 12.1 Å². The highest BCUT2D eigenvalue weighted by molar-refractivity contribution is 7.03. The van der Waals surface area contributed by atoms with Crippen molar-refractivity contribution < 1.29 is 4.39 Å². The van der Waals surface area contributed by atoms with Crippen molar-refractivity contribution in [3.05, 3.63) is 11.1 Å². The highest BCUT2D eigenvalue weighted by Crippen LogP contribution is 2.27. The van der Waals surface area contributed by atoms with Gasteiger partial charge in [-0.15, -0.1) is 5.10 Å². The van der Waals surface area contributed by atoms with Gasteiger partial charge < -0.3 is 5.32 Å². The summed E-state index contributed by atoms with van der Waals surface area (Å²) in [5.74, 6) is 0. The first-order valence-corrected chi connectivity index (χ1v) is 5.70. The standard InChI is InChI=1S/C9H14FN3S/c1-7-2-3-9(10,6-11-7)4-8-5-14-13-12-8/h5,7,11H,2-4,6H2,1H3. The molecule has 78 valence electrons. The molecule has 2 rings (SSSR count). The number of aromatic nitrogens is 2. The van der Waals surface area contributed by atoms with Crippen molar-refractivity contribution in [2.24, 2.45) is 0 Å². The summed E-state index contributed by atoms with van der Waals surface area (Å²) < 4.78 is 17.9. The fraction of sp³-hybridized carbons (Fsp3) is 0.778. The summed E-state index contributed by atoms with van der Waals surface area (Å²) in [6.07, 6.45) is 1.91. The van der Waals surface area contributed by atoms with Crippen LogP contribution < -0.4 is 5.32 Å². The van der Waals surface area contributed by atoms with Crippen LogP contribution >= 0.6 is 11.5 Å². The predicted molar refractivity (Wildman–Crippen MR) is 54.2 cm³/mol. The summed E-state index contributed by atoms with van der Waals surface area (Å²) in [4.78, 5) is 0. The molecule has 1 aromatic rings. The summed E-state index contributed by atoms with van der Waals surface area (Å²) in [6.45, 7) is 2.52. The Balaban J connectivity index is 1.96. The van der Waals surface area contributed by atoms with Crippen molar-refractivity contribution in [1.29, 1.82) is 0 Å². The molecule has 1 N–H and O–H groups in total. The summed E-state index contributed by atoms with van der Waals surface area (Å²) in [5.41, 5.74) is -0.351. The molecular formula is C9H14FN3S. The molecule has 0 radical (unpaired) electrons. The van der Waals surface area contributed by atoms with E-state index < -0.39 is 5.67 Å². The Morgan fingerprint density at radius 3 is 3.21 bits per heavy atom. The van der Waals surface area contributed by atoms with E-state index in [2.05, 4.69) is 21.8 Å². The van der Waals surface area contributed by atoms with Gasteiger partial charge in [-0.2, -0.15) is 0 Å². The Kier molecular flexibility index (Phi) is 2.78. The third-order valence-electron chi connectivity index (χ3n) is 2.70. The summed E-state index contributed by atoms with van der Waals surface area (Å²) in [5, 5.41) is 8.86. The molecular weight excluding hydrogens is 201 g/mol. The smallest absolute Gasteiger partial charge is 0.129 e. The second kappa shape index (κ2) is 3.90. The average molecular weight is 215 g/mol. The lowest BCUT2D eigenvalue weighted by molar-refractivity contribution is 0.106. The molecule has 2 unspecified atom stereocenters. The Bertz CT molecular complexity index is 280. The van der Waals surface area contributed by atoms with E-state index in [-0.39, 0.29) is 0 Å². The SMILES string of the molecule is CC1CCC(F)(Cc2csnn2)CN1. The second-order valence-electron chi connectivity index (χ2n) is 4.04. The van der Waals surface area contributed by atoms with Crippen LogP contribution in [-0.4, -0.2) is 27.8 Å². The Labute approximate surface area is 86.9 Å². The fourth-order valence-corrected chi connectivity index (χ4v) is 2.21. The second-order valence-corrected chi connectivity index (χ2v) is 4.65. The molecule has 2 heterocycles. The zero-order chi connectivity index (χ0) is 10.0. The first-order chi connectivity index (χ1) is 6.68. The minimum absolute atomic E-state index is 0.392. The molecule has 2 atom stereocenters. The number of piperidine rings is 1. The maximum Gasteiger partial charge on any atom is 0.129 e. The molecule has 14 heavy (non-hydrogen) atoms. The maximum atomic E-state index is 14.2. The van der Waals surface area contributed by atoms with Gasteiger partial charge in [0.1, 0.15) is 5.67 Å². The molecule has 1 fully saturated rings. The van der Waals surface area contributed by atoms with E-state index in [1.165, 1.54) is 11.5 Å². The number of hydrogen-bond donors (Lipinski definition) is 1. The molecule has 0 spiro atoms. The number of alkyl halides is 1. The van der Waals surface area contributed by atoms with Gasteiger partial charge in [0.25, 0.3) is 0 Å². The lowest BCUT2D eigenvalue weighted by Gasteiger charge is -2.33. The highest BCUT2D eigenvalue weighted by atomic mass is 32.1. The van der Waals surface area contributed by atoms with Crippen molar-refractivity contribution in [3.8, 4) is 0 Å². The van der Waals surface area contributed by atoms with Gasteiger partial charge in [-0.05, 0) is 31.3 Å². The van der Waals surface area contributed by atoms with Gasteiger partial charge in [-0.25, -0.2) is 4.39 Å². The summed E-state index contributed by atoms with van der Waals surface area (Å²) in [6, 6.07) is 0.437. The van der Waals surface area contributed by atoms with Crippen molar-refractivity contribution in [2.45, 2.75) is 37.9 Å². The van der Waals surface area contributed by atoms with Crippen LogP contribution in [0, 0.1) is 0 Å². The lowest BCUT2D eigenvalue weighted by atomic mass is 9.89. The van der Waals surface area contributed by atoms with E-state index in [9.17, 15) is 4.39 Å². The lowest BCUT2D eigenvalue weighted by Crippen LogP contribution is -2.47. The van der Waals surface area contributed by atoms with Crippen LogP contribution in [0.25, 0.3) is 0 Å². The van der Waals surface area contributed by atoms with Gasteiger partial charge in [0.2, 0.25) is 0 Å². The van der Waals surface area contributed by atoms with Gasteiger partial charge in [-0.1, -0.05) is 4.49 Å². The number of rotatable bonds is 2. The zero-order valence-electron chi connectivity index (χ0n) is 8.16. The normalized spacial score (nSPS) is 33.1. The number of nitrogens with one attached hydrogen (secondary N) is 1. The van der Waals surface area contributed by atoms with Crippen molar-refractivity contribution in [2.75, 3.05) is 6.54 Å². The predicted octanol–water partition coefficient (Wildman–Crippen LogP) is 1.56. The van der Waals surface area contributed by atoms with Crippen LogP contribution in [0.1, 0.15) is 25.5 Å². The molecule has 5 heteroatoms. The van der Waals surface area contributed by atoms with Crippen LogP contribution in [0.2, 0.25) is 0 Å². The van der Waals surface area contributed by atoms with E-state index in [1.807, 2.05) is 5.38 Å². The topological polar surface area (TPSA) is 37.8 Å². The maximum absolute atomic E-state index is 14.2.